The van der Waals surface area contributed by atoms with Crippen molar-refractivity contribution < 1.29 is 4.79 Å². The molecule has 5 aliphatic rings. The maximum absolute atomic E-state index is 13.4. The van der Waals surface area contributed by atoms with Gasteiger partial charge in [-0.15, -0.1) is 11.3 Å². The van der Waals surface area contributed by atoms with Crippen LogP contribution in [0.25, 0.3) is 0 Å². The van der Waals surface area contributed by atoms with E-state index in [1.165, 1.54) is 34.6 Å². The first-order valence-corrected chi connectivity index (χ1v) is 13.5. The Morgan fingerprint density at radius 3 is 2.82 bits per heavy atom. The molecule has 4 aliphatic carbocycles. The molecule has 3 saturated carbocycles. The van der Waals surface area contributed by atoms with Gasteiger partial charge in [-0.1, -0.05) is 37.0 Å². The van der Waals surface area contributed by atoms with Crippen molar-refractivity contribution in [3.63, 3.8) is 0 Å². The summed E-state index contributed by atoms with van der Waals surface area (Å²) in [5, 5.41) is 11.3. The standard InChI is InChI=1S/C26H29Cl2N3OS/c1-13-8-17-22(33-13)11-18-23(30-31(24(17)18)21-7-6-16(27)10-20(21)28)25(32)29-12-14-4-5-15-9-19(14)26(15,2)3/h6-8,10,14-15,18-19,24H,4-5,9,11-12H2,1-3H3,(H,29,32). The fourth-order valence-electron chi connectivity index (χ4n) is 6.93. The van der Waals surface area contributed by atoms with Crippen molar-refractivity contribution in [1.82, 2.24) is 5.32 Å². The summed E-state index contributed by atoms with van der Waals surface area (Å²) in [5.41, 5.74) is 3.12. The minimum atomic E-state index is -0.0243. The fraction of sp³-hybridized carbons (Fsp3) is 0.538. The largest absolute Gasteiger partial charge is 0.351 e. The minimum absolute atomic E-state index is 0.00498. The van der Waals surface area contributed by atoms with Crippen molar-refractivity contribution in [2.24, 2.45) is 34.2 Å². The highest BCUT2D eigenvalue weighted by atomic mass is 35.5. The van der Waals surface area contributed by atoms with Gasteiger partial charge >= 0.3 is 0 Å². The van der Waals surface area contributed by atoms with Gasteiger partial charge in [-0.05, 0) is 85.6 Å². The van der Waals surface area contributed by atoms with Crippen LogP contribution in [0.4, 0.5) is 5.69 Å². The van der Waals surface area contributed by atoms with E-state index in [1.807, 2.05) is 28.5 Å². The monoisotopic (exact) mass is 501 g/mol. The average Bonchev–Trinajstić information content (AvgIpc) is 3.41. The van der Waals surface area contributed by atoms with E-state index in [0.29, 0.717) is 27.1 Å². The number of halogens is 2. The number of nitrogens with one attached hydrogen (secondary N) is 1. The molecule has 2 bridgehead atoms. The lowest BCUT2D eigenvalue weighted by atomic mass is 9.45. The summed E-state index contributed by atoms with van der Waals surface area (Å²) in [4.78, 5) is 16.1. The van der Waals surface area contributed by atoms with Crippen molar-refractivity contribution in [1.29, 1.82) is 0 Å². The number of hydrazone groups is 1. The van der Waals surface area contributed by atoms with Gasteiger partial charge in [-0.3, -0.25) is 9.80 Å². The van der Waals surface area contributed by atoms with Gasteiger partial charge in [0.1, 0.15) is 5.71 Å². The summed E-state index contributed by atoms with van der Waals surface area (Å²) < 4.78 is 0. The zero-order valence-corrected chi connectivity index (χ0v) is 21.5. The van der Waals surface area contributed by atoms with Gasteiger partial charge < -0.3 is 5.32 Å². The normalized spacial score (nSPS) is 31.0. The molecule has 0 spiro atoms. The Bertz CT molecular complexity index is 1170. The lowest BCUT2D eigenvalue weighted by molar-refractivity contribution is -0.119. The highest BCUT2D eigenvalue weighted by molar-refractivity contribution is 7.12. The molecule has 5 atom stereocenters. The molecule has 4 nitrogen and oxygen atoms in total. The van der Waals surface area contributed by atoms with Crippen LogP contribution in [0.3, 0.4) is 0 Å². The number of amides is 1. The molecule has 1 N–H and O–H groups in total. The molecule has 7 heteroatoms. The van der Waals surface area contributed by atoms with Crippen LogP contribution < -0.4 is 10.3 Å². The Morgan fingerprint density at radius 1 is 1.27 bits per heavy atom. The molecule has 1 amide bonds. The second-order valence-corrected chi connectivity index (χ2v) is 13.0. The van der Waals surface area contributed by atoms with Crippen LogP contribution in [0, 0.1) is 36.0 Å². The van der Waals surface area contributed by atoms with E-state index in [-0.39, 0.29) is 17.9 Å². The Kier molecular flexibility index (Phi) is 5.14. The molecule has 33 heavy (non-hydrogen) atoms. The number of rotatable bonds is 4. The number of anilines is 1. The minimum Gasteiger partial charge on any atom is -0.351 e. The molecule has 2 aromatic rings. The molecule has 1 aliphatic heterocycles. The van der Waals surface area contributed by atoms with Gasteiger partial charge in [0.15, 0.2) is 0 Å². The Balaban J connectivity index is 1.26. The number of carbonyl (C=O) groups excluding carboxylic acids is 1. The third-order valence-corrected chi connectivity index (χ3v) is 10.4. The topological polar surface area (TPSA) is 44.7 Å². The summed E-state index contributed by atoms with van der Waals surface area (Å²) in [6.07, 6.45) is 4.69. The number of thiophene rings is 1. The number of fused-ring (bicyclic) bond motifs is 5. The van der Waals surface area contributed by atoms with E-state index in [2.05, 4.69) is 32.2 Å². The number of benzene rings is 1. The Labute approximate surface area is 209 Å². The maximum atomic E-state index is 13.4. The highest BCUT2D eigenvalue weighted by Crippen LogP contribution is 2.61. The third-order valence-electron chi connectivity index (χ3n) is 8.82. The van der Waals surface area contributed by atoms with Crippen molar-refractivity contribution in [2.45, 2.75) is 52.5 Å². The zero-order valence-electron chi connectivity index (χ0n) is 19.2. The molecule has 1 aromatic heterocycles. The molecule has 3 fully saturated rings. The highest BCUT2D eigenvalue weighted by Gasteiger charge is 2.54. The van der Waals surface area contributed by atoms with E-state index < -0.39 is 0 Å². The average molecular weight is 503 g/mol. The number of hydrogen-bond acceptors (Lipinski definition) is 4. The smallest absolute Gasteiger partial charge is 0.267 e. The number of nitrogens with zero attached hydrogens (tertiary/aromatic N) is 2. The predicted octanol–water partition coefficient (Wildman–Crippen LogP) is 6.64. The van der Waals surface area contributed by atoms with Gasteiger partial charge in [0.2, 0.25) is 0 Å². The first-order valence-electron chi connectivity index (χ1n) is 11.9. The summed E-state index contributed by atoms with van der Waals surface area (Å²) in [6.45, 7) is 7.69. The Morgan fingerprint density at radius 2 is 2.09 bits per heavy atom. The summed E-state index contributed by atoms with van der Waals surface area (Å²) in [5.74, 6) is 2.19. The third kappa shape index (κ3) is 3.37. The van der Waals surface area contributed by atoms with E-state index in [1.54, 1.807) is 6.07 Å². The number of aryl methyl sites for hydroxylation is 1. The second-order valence-electron chi connectivity index (χ2n) is 10.8. The van der Waals surface area contributed by atoms with Gasteiger partial charge in [-0.25, -0.2) is 0 Å². The van der Waals surface area contributed by atoms with E-state index in [0.717, 1.165) is 30.5 Å². The van der Waals surface area contributed by atoms with E-state index >= 15 is 0 Å². The molecule has 174 valence electrons. The van der Waals surface area contributed by atoms with Crippen LogP contribution >= 0.6 is 34.5 Å². The van der Waals surface area contributed by atoms with Crippen molar-refractivity contribution in [2.75, 3.05) is 11.6 Å². The van der Waals surface area contributed by atoms with Crippen molar-refractivity contribution in [3.8, 4) is 0 Å². The van der Waals surface area contributed by atoms with Crippen LogP contribution in [-0.2, 0) is 11.2 Å². The first kappa shape index (κ1) is 21.9. The van der Waals surface area contributed by atoms with E-state index in [9.17, 15) is 4.79 Å². The summed E-state index contributed by atoms with van der Waals surface area (Å²) in [7, 11) is 0. The molecular formula is C26H29Cl2N3OS. The lowest BCUT2D eigenvalue weighted by Gasteiger charge is -2.60. The summed E-state index contributed by atoms with van der Waals surface area (Å²) in [6, 6.07) is 7.73. The lowest BCUT2D eigenvalue weighted by Crippen LogP contribution is -2.55. The van der Waals surface area contributed by atoms with Crippen LogP contribution in [0.1, 0.15) is 54.5 Å². The molecule has 2 heterocycles. The second kappa shape index (κ2) is 7.73. The zero-order chi connectivity index (χ0) is 23.1. The van der Waals surface area contributed by atoms with Gasteiger partial charge in [0, 0.05) is 27.2 Å². The molecular weight excluding hydrogens is 473 g/mol. The predicted molar refractivity (Wildman–Crippen MR) is 136 cm³/mol. The van der Waals surface area contributed by atoms with Crippen LogP contribution in [0.5, 0.6) is 0 Å². The molecule has 1 aromatic carbocycles. The van der Waals surface area contributed by atoms with Crippen molar-refractivity contribution in [3.05, 3.63) is 49.6 Å². The van der Waals surface area contributed by atoms with Gasteiger partial charge in [0.25, 0.3) is 5.91 Å². The SMILES string of the molecule is Cc1cc2c(s1)CC1C(C(=O)NCC3CCC4CC3C4(C)C)=NN(c3ccc(Cl)cc3Cl)C21. The molecule has 7 rings (SSSR count). The van der Waals surface area contributed by atoms with Crippen molar-refractivity contribution >= 4 is 51.8 Å². The first-order chi connectivity index (χ1) is 15.7. The van der Waals surface area contributed by atoms with Crippen LogP contribution in [0.15, 0.2) is 29.4 Å². The van der Waals surface area contributed by atoms with Gasteiger partial charge in [0.05, 0.1) is 16.8 Å². The summed E-state index contributed by atoms with van der Waals surface area (Å²) >= 11 is 14.5. The van der Waals surface area contributed by atoms with E-state index in [4.69, 9.17) is 28.3 Å². The quantitative estimate of drug-likeness (QED) is 0.509. The van der Waals surface area contributed by atoms with Gasteiger partial charge in [-0.2, -0.15) is 5.10 Å². The van der Waals surface area contributed by atoms with Crippen LogP contribution in [0.2, 0.25) is 10.0 Å². The molecule has 5 unspecified atom stereocenters. The molecule has 0 saturated heterocycles. The maximum Gasteiger partial charge on any atom is 0.267 e. The van der Waals surface area contributed by atoms with Crippen LogP contribution in [-0.4, -0.2) is 18.2 Å². The molecule has 0 radical (unpaired) electrons. The number of carbonyl (C=O) groups is 1. The number of hydrogen-bond donors (Lipinski definition) is 1. The fourth-order valence-corrected chi connectivity index (χ4v) is 8.56. The Hall–Kier alpha value is -1.56.